The van der Waals surface area contributed by atoms with E-state index < -0.39 is 0 Å². The molecule has 1 saturated heterocycles. The molecule has 3 rings (SSSR count). The highest BCUT2D eigenvalue weighted by Crippen LogP contribution is 2.29. The van der Waals surface area contributed by atoms with Crippen molar-refractivity contribution in [2.24, 2.45) is 5.10 Å². The molecule has 0 unspecified atom stereocenters. The highest BCUT2D eigenvalue weighted by atomic mass is 16.5. The van der Waals surface area contributed by atoms with Crippen molar-refractivity contribution in [3.05, 3.63) is 29.8 Å². The molecular weight excluding hydrogens is 242 g/mol. The summed E-state index contributed by atoms with van der Waals surface area (Å²) in [7, 11) is 0. The SMILES string of the molecule is CCN1C(=O)/C(=N/N2CCOCC2)c2ccccc21. The van der Waals surface area contributed by atoms with Crippen LogP contribution in [0.15, 0.2) is 29.4 Å². The summed E-state index contributed by atoms with van der Waals surface area (Å²) < 4.78 is 5.30. The molecule has 0 aliphatic carbocycles. The minimum absolute atomic E-state index is 0.00445. The summed E-state index contributed by atoms with van der Waals surface area (Å²) in [6.07, 6.45) is 0. The zero-order chi connectivity index (χ0) is 13.2. The first kappa shape index (κ1) is 12.2. The van der Waals surface area contributed by atoms with Gasteiger partial charge in [-0.1, -0.05) is 18.2 Å². The summed E-state index contributed by atoms with van der Waals surface area (Å²) in [6.45, 7) is 5.47. The molecule has 2 aliphatic rings. The summed E-state index contributed by atoms with van der Waals surface area (Å²) in [4.78, 5) is 14.2. The summed E-state index contributed by atoms with van der Waals surface area (Å²) in [6, 6.07) is 7.83. The molecule has 5 heteroatoms. The van der Waals surface area contributed by atoms with Gasteiger partial charge in [-0.15, -0.1) is 0 Å². The molecule has 1 aromatic rings. The fourth-order valence-corrected chi connectivity index (χ4v) is 2.47. The van der Waals surface area contributed by atoms with Crippen LogP contribution in [0, 0.1) is 0 Å². The van der Waals surface area contributed by atoms with Crippen LogP contribution in [0.1, 0.15) is 12.5 Å². The van der Waals surface area contributed by atoms with E-state index in [2.05, 4.69) is 5.10 Å². The van der Waals surface area contributed by atoms with Crippen LogP contribution in [0.4, 0.5) is 5.69 Å². The van der Waals surface area contributed by atoms with E-state index in [-0.39, 0.29) is 5.91 Å². The molecule has 2 aliphatic heterocycles. The summed E-state index contributed by atoms with van der Waals surface area (Å²) >= 11 is 0. The number of nitrogens with zero attached hydrogens (tertiary/aromatic N) is 3. The second kappa shape index (κ2) is 5.01. The number of para-hydroxylation sites is 1. The topological polar surface area (TPSA) is 45.1 Å². The van der Waals surface area contributed by atoms with E-state index in [0.29, 0.717) is 25.5 Å². The van der Waals surface area contributed by atoms with E-state index in [1.165, 1.54) is 0 Å². The van der Waals surface area contributed by atoms with Crippen LogP contribution in [0.3, 0.4) is 0 Å². The normalized spacial score (nSPS) is 21.1. The van der Waals surface area contributed by atoms with Crippen molar-refractivity contribution in [2.45, 2.75) is 6.92 Å². The Morgan fingerprint density at radius 2 is 2.00 bits per heavy atom. The van der Waals surface area contributed by atoms with Gasteiger partial charge in [0, 0.05) is 12.1 Å². The van der Waals surface area contributed by atoms with Crippen molar-refractivity contribution in [1.29, 1.82) is 0 Å². The smallest absolute Gasteiger partial charge is 0.279 e. The quantitative estimate of drug-likeness (QED) is 0.798. The van der Waals surface area contributed by atoms with Crippen LogP contribution in [0.2, 0.25) is 0 Å². The largest absolute Gasteiger partial charge is 0.378 e. The number of morpholine rings is 1. The van der Waals surface area contributed by atoms with Gasteiger partial charge in [-0.25, -0.2) is 0 Å². The average Bonchev–Trinajstić information content (AvgIpc) is 2.73. The second-order valence-electron chi connectivity index (χ2n) is 4.58. The van der Waals surface area contributed by atoms with Gasteiger partial charge < -0.3 is 9.64 Å². The Balaban J connectivity index is 1.97. The maximum absolute atomic E-state index is 12.4. The zero-order valence-corrected chi connectivity index (χ0v) is 11.0. The fraction of sp³-hybridized carbons (Fsp3) is 0.429. The molecule has 100 valence electrons. The number of hydrogen-bond donors (Lipinski definition) is 0. The number of benzene rings is 1. The molecule has 0 atom stereocenters. The third kappa shape index (κ3) is 2.10. The van der Waals surface area contributed by atoms with Crippen LogP contribution < -0.4 is 4.90 Å². The lowest BCUT2D eigenvalue weighted by Gasteiger charge is -2.24. The number of anilines is 1. The number of carbonyl (C=O) groups is 1. The predicted octanol–water partition coefficient (Wildman–Crippen LogP) is 1.09. The molecule has 1 fully saturated rings. The van der Waals surface area contributed by atoms with E-state index in [9.17, 15) is 4.79 Å². The molecule has 0 bridgehead atoms. The van der Waals surface area contributed by atoms with Crippen molar-refractivity contribution >= 4 is 17.3 Å². The Kier molecular flexibility index (Phi) is 3.21. The Morgan fingerprint density at radius 3 is 2.74 bits per heavy atom. The van der Waals surface area contributed by atoms with Gasteiger partial charge in [0.05, 0.1) is 32.0 Å². The lowest BCUT2D eigenvalue weighted by Crippen LogP contribution is -2.35. The Labute approximate surface area is 112 Å². The molecule has 5 nitrogen and oxygen atoms in total. The summed E-state index contributed by atoms with van der Waals surface area (Å²) in [5.74, 6) is -0.00445. The van der Waals surface area contributed by atoms with Gasteiger partial charge in [0.25, 0.3) is 5.91 Å². The number of likely N-dealkylation sites (N-methyl/N-ethyl adjacent to an activating group) is 1. The van der Waals surface area contributed by atoms with Crippen LogP contribution in [-0.2, 0) is 9.53 Å². The first-order valence-electron chi connectivity index (χ1n) is 6.64. The third-order valence-electron chi connectivity index (χ3n) is 3.44. The maximum atomic E-state index is 12.4. The molecule has 2 heterocycles. The Bertz CT molecular complexity index is 521. The number of carbonyl (C=O) groups excluding carboxylic acids is 1. The third-order valence-corrected chi connectivity index (χ3v) is 3.44. The molecule has 0 spiro atoms. The highest BCUT2D eigenvalue weighted by Gasteiger charge is 2.33. The average molecular weight is 259 g/mol. The number of hydrazone groups is 1. The molecule has 0 N–H and O–H groups in total. The number of hydrogen-bond acceptors (Lipinski definition) is 4. The van der Waals surface area contributed by atoms with Crippen molar-refractivity contribution in [1.82, 2.24) is 5.01 Å². The molecule has 0 radical (unpaired) electrons. The van der Waals surface area contributed by atoms with E-state index >= 15 is 0 Å². The molecule has 19 heavy (non-hydrogen) atoms. The minimum atomic E-state index is -0.00445. The van der Waals surface area contributed by atoms with Gasteiger partial charge in [-0.2, -0.15) is 5.10 Å². The number of fused-ring (bicyclic) bond motifs is 1. The van der Waals surface area contributed by atoms with Crippen LogP contribution in [0.25, 0.3) is 0 Å². The van der Waals surface area contributed by atoms with Gasteiger partial charge in [0.2, 0.25) is 0 Å². The van der Waals surface area contributed by atoms with Crippen molar-refractivity contribution in [3.63, 3.8) is 0 Å². The number of ether oxygens (including phenoxy) is 1. The lowest BCUT2D eigenvalue weighted by atomic mass is 10.1. The van der Waals surface area contributed by atoms with Crippen LogP contribution >= 0.6 is 0 Å². The van der Waals surface area contributed by atoms with Gasteiger partial charge in [-0.3, -0.25) is 9.80 Å². The van der Waals surface area contributed by atoms with E-state index in [4.69, 9.17) is 4.74 Å². The summed E-state index contributed by atoms with van der Waals surface area (Å²) in [5, 5.41) is 6.46. The van der Waals surface area contributed by atoms with Gasteiger partial charge in [0.15, 0.2) is 5.71 Å². The molecule has 1 amide bonds. The minimum Gasteiger partial charge on any atom is -0.378 e. The van der Waals surface area contributed by atoms with Crippen molar-refractivity contribution in [2.75, 3.05) is 37.7 Å². The van der Waals surface area contributed by atoms with E-state index in [1.807, 2.05) is 36.2 Å². The van der Waals surface area contributed by atoms with Gasteiger partial charge in [-0.05, 0) is 13.0 Å². The van der Waals surface area contributed by atoms with Gasteiger partial charge in [0.1, 0.15) is 0 Å². The molecular formula is C14H17N3O2. The summed E-state index contributed by atoms with van der Waals surface area (Å²) in [5.41, 5.74) is 2.45. The standard InChI is InChI=1S/C14H17N3O2/c1-2-17-12-6-4-3-5-11(12)13(14(17)18)15-16-7-9-19-10-8-16/h3-6H,2,7-10H2,1H3/b15-13+. The highest BCUT2D eigenvalue weighted by molar-refractivity contribution is 6.54. The maximum Gasteiger partial charge on any atom is 0.279 e. The predicted molar refractivity (Wildman–Crippen MR) is 73.4 cm³/mol. The van der Waals surface area contributed by atoms with Crippen LogP contribution in [0.5, 0.6) is 0 Å². The van der Waals surface area contributed by atoms with Crippen LogP contribution in [-0.4, -0.2) is 49.5 Å². The monoisotopic (exact) mass is 259 g/mol. The first-order chi connectivity index (χ1) is 9.31. The van der Waals surface area contributed by atoms with E-state index in [0.717, 1.165) is 24.3 Å². The molecule has 0 saturated carbocycles. The van der Waals surface area contributed by atoms with Crippen molar-refractivity contribution < 1.29 is 9.53 Å². The second-order valence-corrected chi connectivity index (χ2v) is 4.58. The van der Waals surface area contributed by atoms with Gasteiger partial charge >= 0.3 is 0 Å². The molecule has 0 aromatic heterocycles. The van der Waals surface area contributed by atoms with E-state index in [1.54, 1.807) is 4.90 Å². The number of rotatable bonds is 2. The van der Waals surface area contributed by atoms with Crippen molar-refractivity contribution in [3.8, 4) is 0 Å². The Hall–Kier alpha value is -1.88. The first-order valence-corrected chi connectivity index (χ1v) is 6.64. The lowest BCUT2D eigenvalue weighted by molar-refractivity contribution is -0.112. The molecule has 1 aromatic carbocycles. The zero-order valence-electron chi connectivity index (χ0n) is 11.0. The number of amides is 1. The fourth-order valence-electron chi connectivity index (χ4n) is 2.47. The Morgan fingerprint density at radius 1 is 1.26 bits per heavy atom.